The van der Waals surface area contributed by atoms with Gasteiger partial charge in [0.2, 0.25) is 12.8 Å². The molecule has 0 atom stereocenters. The van der Waals surface area contributed by atoms with Gasteiger partial charge in [-0.3, -0.25) is 14.5 Å². The van der Waals surface area contributed by atoms with Gasteiger partial charge in [0, 0.05) is 38.3 Å². The molecular formula is C12H21N3O2. The summed E-state index contributed by atoms with van der Waals surface area (Å²) in [6.45, 7) is 3.70. The lowest BCUT2D eigenvalue weighted by molar-refractivity contribution is -0.120. The smallest absolute Gasteiger partial charge is 0.209 e. The summed E-state index contributed by atoms with van der Waals surface area (Å²) >= 11 is 0. The molecule has 0 radical (unpaired) electrons. The zero-order valence-electron chi connectivity index (χ0n) is 10.2. The van der Waals surface area contributed by atoms with Gasteiger partial charge in [0.05, 0.1) is 0 Å². The number of carbonyl (C=O) groups excluding carboxylic acids is 2. The van der Waals surface area contributed by atoms with Gasteiger partial charge in [0.1, 0.15) is 0 Å². The molecule has 1 saturated heterocycles. The van der Waals surface area contributed by atoms with E-state index in [2.05, 4.69) is 10.2 Å². The molecule has 0 aromatic rings. The number of piperazine rings is 1. The predicted molar refractivity (Wildman–Crippen MR) is 64.5 cm³/mol. The number of nitrogens with one attached hydrogen (secondary N) is 1. The van der Waals surface area contributed by atoms with Gasteiger partial charge in [-0.25, -0.2) is 0 Å². The van der Waals surface area contributed by atoms with Crippen molar-refractivity contribution in [3.63, 3.8) is 0 Å². The fraction of sp³-hybridized carbons (Fsp3) is 0.833. The van der Waals surface area contributed by atoms with Crippen LogP contribution in [0, 0.1) is 0 Å². The second-order valence-corrected chi connectivity index (χ2v) is 4.97. The molecule has 2 amide bonds. The van der Waals surface area contributed by atoms with Crippen LogP contribution in [0.5, 0.6) is 0 Å². The molecule has 1 saturated carbocycles. The molecule has 1 aliphatic carbocycles. The summed E-state index contributed by atoms with van der Waals surface area (Å²) in [6.07, 6.45) is 6.24. The third-order valence-electron chi connectivity index (χ3n) is 4.01. The molecule has 2 aliphatic rings. The summed E-state index contributed by atoms with van der Waals surface area (Å²) in [6, 6.07) is 1.02. The summed E-state index contributed by atoms with van der Waals surface area (Å²) in [4.78, 5) is 25.3. The largest absolute Gasteiger partial charge is 0.356 e. The van der Waals surface area contributed by atoms with Crippen LogP contribution in [0.1, 0.15) is 25.7 Å². The van der Waals surface area contributed by atoms with Crippen LogP contribution in [0.25, 0.3) is 0 Å². The lowest BCUT2D eigenvalue weighted by Crippen LogP contribution is -2.51. The van der Waals surface area contributed by atoms with Crippen molar-refractivity contribution >= 4 is 12.8 Å². The normalized spacial score (nSPS) is 30.9. The van der Waals surface area contributed by atoms with Crippen molar-refractivity contribution in [1.82, 2.24) is 15.1 Å². The molecule has 17 heavy (non-hydrogen) atoms. The fourth-order valence-corrected chi connectivity index (χ4v) is 2.91. The summed E-state index contributed by atoms with van der Waals surface area (Å²) in [5.74, 6) is 0. The Labute approximate surface area is 102 Å². The number of nitrogens with zero attached hydrogens (tertiary/aromatic N) is 2. The van der Waals surface area contributed by atoms with Crippen LogP contribution in [0.4, 0.5) is 0 Å². The van der Waals surface area contributed by atoms with E-state index in [0.717, 1.165) is 64.7 Å². The van der Waals surface area contributed by atoms with Gasteiger partial charge >= 0.3 is 0 Å². The van der Waals surface area contributed by atoms with E-state index in [0.29, 0.717) is 12.1 Å². The number of rotatable bonds is 4. The molecule has 0 unspecified atom stereocenters. The molecule has 0 spiro atoms. The highest BCUT2D eigenvalue weighted by Gasteiger charge is 2.27. The quantitative estimate of drug-likeness (QED) is 0.692. The molecule has 5 nitrogen and oxygen atoms in total. The van der Waals surface area contributed by atoms with Crippen LogP contribution < -0.4 is 5.32 Å². The topological polar surface area (TPSA) is 52.7 Å². The van der Waals surface area contributed by atoms with Crippen LogP contribution in [-0.4, -0.2) is 60.9 Å². The van der Waals surface area contributed by atoms with Crippen molar-refractivity contribution in [2.75, 3.05) is 26.2 Å². The Kier molecular flexibility index (Phi) is 4.36. The molecular weight excluding hydrogens is 218 g/mol. The van der Waals surface area contributed by atoms with Crippen LogP contribution in [0.15, 0.2) is 0 Å². The minimum absolute atomic E-state index is 0.375. The lowest BCUT2D eigenvalue weighted by Gasteiger charge is -2.41. The molecule has 0 aromatic heterocycles. The molecule has 2 rings (SSSR count). The fourth-order valence-electron chi connectivity index (χ4n) is 2.91. The zero-order valence-corrected chi connectivity index (χ0v) is 10.2. The van der Waals surface area contributed by atoms with E-state index in [4.69, 9.17) is 0 Å². The number of hydrogen-bond donors (Lipinski definition) is 1. The van der Waals surface area contributed by atoms with Gasteiger partial charge in [-0.05, 0) is 25.7 Å². The van der Waals surface area contributed by atoms with Crippen molar-refractivity contribution in [2.45, 2.75) is 37.8 Å². The van der Waals surface area contributed by atoms with E-state index in [1.807, 2.05) is 4.90 Å². The van der Waals surface area contributed by atoms with Gasteiger partial charge < -0.3 is 10.2 Å². The standard InChI is InChI=1S/C12H21N3O2/c16-9-13-11-1-3-12(4-2-11)15-7-5-14(10-17)6-8-15/h9-12H,1-8H2,(H,13,16). The average Bonchev–Trinajstić information content (AvgIpc) is 2.40. The predicted octanol–water partition coefficient (Wildman–Crippen LogP) is -0.182. The first-order valence-corrected chi connectivity index (χ1v) is 6.46. The van der Waals surface area contributed by atoms with Crippen molar-refractivity contribution < 1.29 is 9.59 Å². The molecule has 1 heterocycles. The van der Waals surface area contributed by atoms with Crippen molar-refractivity contribution in [3.8, 4) is 0 Å². The highest BCUT2D eigenvalue weighted by atomic mass is 16.1. The van der Waals surface area contributed by atoms with Crippen molar-refractivity contribution in [1.29, 1.82) is 0 Å². The van der Waals surface area contributed by atoms with E-state index in [1.165, 1.54) is 0 Å². The van der Waals surface area contributed by atoms with Crippen LogP contribution in [0.3, 0.4) is 0 Å². The molecule has 2 fully saturated rings. The van der Waals surface area contributed by atoms with Gasteiger partial charge in [-0.2, -0.15) is 0 Å². The second kappa shape index (κ2) is 6.00. The highest BCUT2D eigenvalue weighted by molar-refractivity contribution is 5.47. The molecule has 96 valence electrons. The van der Waals surface area contributed by atoms with E-state index in [9.17, 15) is 9.59 Å². The Hall–Kier alpha value is -1.10. The van der Waals surface area contributed by atoms with Gasteiger partial charge in [0.25, 0.3) is 0 Å². The molecule has 5 heteroatoms. The number of hydrogen-bond acceptors (Lipinski definition) is 3. The average molecular weight is 239 g/mol. The minimum Gasteiger partial charge on any atom is -0.356 e. The zero-order chi connectivity index (χ0) is 12.1. The van der Waals surface area contributed by atoms with E-state index >= 15 is 0 Å². The van der Waals surface area contributed by atoms with Crippen LogP contribution >= 0.6 is 0 Å². The molecule has 1 aliphatic heterocycles. The maximum absolute atomic E-state index is 10.6. The maximum atomic E-state index is 10.6. The molecule has 0 bridgehead atoms. The summed E-state index contributed by atoms with van der Waals surface area (Å²) < 4.78 is 0. The van der Waals surface area contributed by atoms with E-state index in [1.54, 1.807) is 0 Å². The Morgan fingerprint density at radius 1 is 0.941 bits per heavy atom. The third kappa shape index (κ3) is 3.19. The minimum atomic E-state index is 0.375. The molecule has 1 N–H and O–H groups in total. The SMILES string of the molecule is O=CNC1CCC(N2CCN(C=O)CC2)CC1. The van der Waals surface area contributed by atoms with Gasteiger partial charge in [-0.1, -0.05) is 0 Å². The van der Waals surface area contributed by atoms with Crippen molar-refractivity contribution in [3.05, 3.63) is 0 Å². The first-order valence-electron chi connectivity index (χ1n) is 6.46. The Morgan fingerprint density at radius 3 is 2.12 bits per heavy atom. The second-order valence-electron chi connectivity index (χ2n) is 4.97. The number of carbonyl (C=O) groups is 2. The van der Waals surface area contributed by atoms with E-state index in [-0.39, 0.29) is 0 Å². The van der Waals surface area contributed by atoms with Crippen molar-refractivity contribution in [2.24, 2.45) is 0 Å². The van der Waals surface area contributed by atoms with Gasteiger partial charge in [-0.15, -0.1) is 0 Å². The maximum Gasteiger partial charge on any atom is 0.209 e. The summed E-state index contributed by atoms with van der Waals surface area (Å²) in [5, 5.41) is 2.87. The van der Waals surface area contributed by atoms with Crippen LogP contribution in [0.2, 0.25) is 0 Å². The first kappa shape index (κ1) is 12.4. The molecule has 0 aromatic carbocycles. The Bertz CT molecular complexity index is 256. The Balaban J connectivity index is 1.74. The van der Waals surface area contributed by atoms with Gasteiger partial charge in [0.15, 0.2) is 0 Å². The highest BCUT2D eigenvalue weighted by Crippen LogP contribution is 2.23. The van der Waals surface area contributed by atoms with Crippen LogP contribution in [-0.2, 0) is 9.59 Å². The first-order chi connectivity index (χ1) is 8.33. The van der Waals surface area contributed by atoms with E-state index < -0.39 is 0 Å². The monoisotopic (exact) mass is 239 g/mol. The Morgan fingerprint density at radius 2 is 1.59 bits per heavy atom. The lowest BCUT2D eigenvalue weighted by atomic mass is 9.90. The summed E-state index contributed by atoms with van der Waals surface area (Å²) in [7, 11) is 0. The number of amides is 2. The summed E-state index contributed by atoms with van der Waals surface area (Å²) in [5.41, 5.74) is 0. The third-order valence-corrected chi connectivity index (χ3v) is 4.01.